The van der Waals surface area contributed by atoms with Crippen LogP contribution in [0.15, 0.2) is 42.5 Å². The molecule has 6 heteroatoms. The van der Waals surface area contributed by atoms with Crippen molar-refractivity contribution >= 4 is 17.7 Å². The fourth-order valence-electron chi connectivity index (χ4n) is 3.50. The quantitative estimate of drug-likeness (QED) is 0.700. The van der Waals surface area contributed by atoms with Crippen LogP contribution in [0.25, 0.3) is 0 Å². The number of rotatable bonds is 5. The van der Waals surface area contributed by atoms with Crippen LogP contribution >= 0.6 is 0 Å². The third-order valence-electron chi connectivity index (χ3n) is 4.75. The lowest BCUT2D eigenvalue weighted by Crippen LogP contribution is -2.42. The van der Waals surface area contributed by atoms with Gasteiger partial charge in [-0.05, 0) is 75.5 Å². The zero-order valence-electron chi connectivity index (χ0n) is 17.5. The molecule has 0 bridgehead atoms. The molecule has 2 aromatic carbocycles. The van der Waals surface area contributed by atoms with Crippen molar-refractivity contribution in [2.75, 3.05) is 11.9 Å². The molecule has 1 aliphatic carbocycles. The van der Waals surface area contributed by atoms with Gasteiger partial charge >= 0.3 is 6.09 Å². The summed E-state index contributed by atoms with van der Waals surface area (Å²) in [5, 5.41) is 9.08. The van der Waals surface area contributed by atoms with Crippen LogP contribution in [-0.4, -0.2) is 24.1 Å². The van der Waals surface area contributed by atoms with Crippen LogP contribution in [-0.2, 0) is 6.42 Å². The van der Waals surface area contributed by atoms with E-state index in [-0.39, 0.29) is 5.91 Å². The Morgan fingerprint density at radius 1 is 1.14 bits per heavy atom. The zero-order valence-corrected chi connectivity index (χ0v) is 17.5. The summed E-state index contributed by atoms with van der Waals surface area (Å²) < 4.78 is 5.40. The molecule has 0 fully saturated rings. The minimum atomic E-state index is -0.564. The minimum absolute atomic E-state index is 0.230. The third kappa shape index (κ3) is 5.35. The van der Waals surface area contributed by atoms with E-state index in [1.165, 1.54) is 11.1 Å². The number of aryl methyl sites for hydroxylation is 1. The number of hydrogen-bond acceptors (Lipinski definition) is 4. The maximum Gasteiger partial charge on any atom is 0.413 e. The first kappa shape index (κ1) is 20.9. The van der Waals surface area contributed by atoms with Gasteiger partial charge in [-0.3, -0.25) is 4.79 Å². The second-order valence-electron chi connectivity index (χ2n) is 8.28. The molecule has 0 aliphatic heterocycles. The fraction of sp³-hybridized carbons (Fsp3) is 0.391. The van der Waals surface area contributed by atoms with Crippen molar-refractivity contribution in [3.8, 4) is 5.75 Å². The molecule has 1 atom stereocenters. The van der Waals surface area contributed by atoms with Crippen molar-refractivity contribution in [1.82, 2.24) is 10.6 Å². The molecule has 1 unspecified atom stereocenters. The maximum atomic E-state index is 12.8. The third-order valence-corrected chi connectivity index (χ3v) is 4.75. The molecule has 0 spiro atoms. The van der Waals surface area contributed by atoms with Crippen molar-refractivity contribution in [2.45, 2.75) is 52.1 Å². The van der Waals surface area contributed by atoms with E-state index in [1.807, 2.05) is 39.0 Å². The topological polar surface area (TPSA) is 79.5 Å². The Morgan fingerprint density at radius 3 is 2.62 bits per heavy atom. The molecule has 6 nitrogen and oxygen atoms in total. The second kappa shape index (κ2) is 8.66. The van der Waals surface area contributed by atoms with E-state index in [9.17, 15) is 9.59 Å². The lowest BCUT2D eigenvalue weighted by Gasteiger charge is -2.20. The number of carbonyl (C=O) groups excluding carboxylic acids is 2. The van der Waals surface area contributed by atoms with E-state index < -0.39 is 11.6 Å². The first-order chi connectivity index (χ1) is 13.8. The maximum absolute atomic E-state index is 12.8. The Kier molecular flexibility index (Phi) is 6.23. The molecular weight excluding hydrogens is 366 g/mol. The number of fused-ring (bicyclic) bond motifs is 1. The molecule has 0 heterocycles. The van der Waals surface area contributed by atoms with Crippen LogP contribution in [0.5, 0.6) is 5.75 Å². The molecule has 1 aliphatic rings. The summed E-state index contributed by atoms with van der Waals surface area (Å²) in [5.41, 5.74) is 3.11. The molecule has 0 aromatic heterocycles. The Morgan fingerprint density at radius 2 is 1.90 bits per heavy atom. The van der Waals surface area contributed by atoms with E-state index in [0.29, 0.717) is 23.0 Å². The predicted molar refractivity (Wildman–Crippen MR) is 114 cm³/mol. The Bertz CT molecular complexity index is 902. The number of anilines is 1. The average molecular weight is 396 g/mol. The summed E-state index contributed by atoms with van der Waals surface area (Å²) in [5.74, 6) is 0.0722. The molecule has 2 amide bonds. The van der Waals surface area contributed by atoms with Crippen molar-refractivity contribution in [3.63, 3.8) is 0 Å². The highest BCUT2D eigenvalue weighted by atomic mass is 16.6. The molecule has 3 N–H and O–H groups in total. The first-order valence-corrected chi connectivity index (χ1v) is 10.0. The molecule has 0 saturated carbocycles. The summed E-state index contributed by atoms with van der Waals surface area (Å²) in [6, 6.07) is 13.1. The van der Waals surface area contributed by atoms with E-state index >= 15 is 0 Å². The standard InChI is InChI=1S/C23H29N3O3/c1-5-24-18-13-11-15-14-16(10-12-17(15)18)21(27)25-19-8-6-7-9-20(19)29-22(28)26-23(2,3)4/h6-10,12,14,18,24H,5,11,13H2,1-4H3,(H,25,27)(H,26,28). The van der Waals surface area contributed by atoms with Gasteiger partial charge < -0.3 is 20.7 Å². The Labute approximate surface area is 172 Å². The highest BCUT2D eigenvalue weighted by Gasteiger charge is 2.23. The highest BCUT2D eigenvalue weighted by Crippen LogP contribution is 2.32. The van der Waals surface area contributed by atoms with Crippen molar-refractivity contribution < 1.29 is 14.3 Å². The number of para-hydroxylation sites is 2. The number of ether oxygens (including phenoxy) is 1. The number of nitrogens with one attached hydrogen (secondary N) is 3. The van der Waals surface area contributed by atoms with Crippen LogP contribution in [0.3, 0.4) is 0 Å². The van der Waals surface area contributed by atoms with Gasteiger partial charge in [0.05, 0.1) is 5.69 Å². The number of carbonyl (C=O) groups is 2. The van der Waals surface area contributed by atoms with Gasteiger partial charge in [0, 0.05) is 17.1 Å². The molecule has 0 saturated heterocycles. The summed E-state index contributed by atoms with van der Waals surface area (Å²) in [6.07, 6.45) is 1.44. The number of amides is 2. The van der Waals surface area contributed by atoms with Crippen molar-refractivity contribution in [3.05, 3.63) is 59.2 Å². The highest BCUT2D eigenvalue weighted by molar-refractivity contribution is 6.05. The molecule has 0 radical (unpaired) electrons. The SMILES string of the molecule is CCNC1CCc2cc(C(=O)Nc3ccccc3OC(=O)NC(C)(C)C)ccc21. The molecular formula is C23H29N3O3. The summed E-state index contributed by atoms with van der Waals surface area (Å²) in [7, 11) is 0. The van der Waals surface area contributed by atoms with Gasteiger partial charge in [0.2, 0.25) is 0 Å². The average Bonchev–Trinajstić information content (AvgIpc) is 3.04. The van der Waals surface area contributed by atoms with Crippen molar-refractivity contribution in [1.29, 1.82) is 0 Å². The molecule has 3 rings (SSSR count). The van der Waals surface area contributed by atoms with Crippen LogP contribution in [0.2, 0.25) is 0 Å². The summed E-state index contributed by atoms with van der Waals surface area (Å²) >= 11 is 0. The van der Waals surface area contributed by atoms with E-state index in [2.05, 4.69) is 22.9 Å². The Hall–Kier alpha value is -2.86. The largest absolute Gasteiger partial charge is 0.413 e. The number of hydrogen-bond donors (Lipinski definition) is 3. The van der Waals surface area contributed by atoms with Gasteiger partial charge in [-0.2, -0.15) is 0 Å². The van der Waals surface area contributed by atoms with E-state index in [4.69, 9.17) is 4.74 Å². The number of benzene rings is 2. The minimum Gasteiger partial charge on any atom is -0.408 e. The van der Waals surface area contributed by atoms with E-state index in [1.54, 1.807) is 24.3 Å². The van der Waals surface area contributed by atoms with Crippen LogP contribution in [0.1, 0.15) is 61.6 Å². The van der Waals surface area contributed by atoms with Gasteiger partial charge in [0.1, 0.15) is 0 Å². The molecule has 29 heavy (non-hydrogen) atoms. The van der Waals surface area contributed by atoms with Crippen LogP contribution in [0, 0.1) is 0 Å². The van der Waals surface area contributed by atoms with E-state index in [0.717, 1.165) is 19.4 Å². The smallest absolute Gasteiger partial charge is 0.408 e. The van der Waals surface area contributed by atoms with Crippen LogP contribution < -0.4 is 20.7 Å². The van der Waals surface area contributed by atoms with Crippen LogP contribution in [0.4, 0.5) is 10.5 Å². The van der Waals surface area contributed by atoms with Gasteiger partial charge in [-0.1, -0.05) is 25.1 Å². The fourth-order valence-corrected chi connectivity index (χ4v) is 3.50. The lowest BCUT2D eigenvalue weighted by molar-refractivity contribution is 0.102. The predicted octanol–water partition coefficient (Wildman–Crippen LogP) is 4.42. The zero-order chi connectivity index (χ0) is 21.0. The second-order valence-corrected chi connectivity index (χ2v) is 8.28. The Balaban J connectivity index is 1.73. The van der Waals surface area contributed by atoms with Gasteiger partial charge in [-0.25, -0.2) is 4.79 Å². The normalized spacial score (nSPS) is 15.5. The monoisotopic (exact) mass is 395 g/mol. The molecule has 2 aromatic rings. The van der Waals surface area contributed by atoms with Gasteiger partial charge in [-0.15, -0.1) is 0 Å². The summed E-state index contributed by atoms with van der Waals surface area (Å²) in [6.45, 7) is 8.64. The van der Waals surface area contributed by atoms with Crippen molar-refractivity contribution in [2.24, 2.45) is 0 Å². The van der Waals surface area contributed by atoms with Gasteiger partial charge in [0.25, 0.3) is 5.91 Å². The lowest BCUT2D eigenvalue weighted by atomic mass is 10.0. The molecule has 154 valence electrons. The first-order valence-electron chi connectivity index (χ1n) is 10.0. The van der Waals surface area contributed by atoms with Gasteiger partial charge in [0.15, 0.2) is 5.75 Å². The summed E-state index contributed by atoms with van der Waals surface area (Å²) in [4.78, 5) is 24.9.